The first-order valence-electron chi connectivity index (χ1n) is 3.68. The van der Waals surface area contributed by atoms with Crippen molar-refractivity contribution < 1.29 is 9.47 Å². The zero-order valence-electron chi connectivity index (χ0n) is 6.73. The molecule has 2 atom stereocenters. The molecule has 2 heterocycles. The Balaban J connectivity index is 2.21. The lowest BCUT2D eigenvalue weighted by Gasteiger charge is -1.97. The van der Waals surface area contributed by atoms with Gasteiger partial charge in [-0.25, -0.2) is 9.59 Å². The Morgan fingerprint density at radius 1 is 1.46 bits per heavy atom. The average Bonchev–Trinajstić information content (AvgIpc) is 2.63. The largest absolute Gasteiger partial charge is 0.432 e. The number of H-pyrrole nitrogens is 2. The quantitative estimate of drug-likeness (QED) is 0.551. The van der Waals surface area contributed by atoms with Crippen LogP contribution in [0.1, 0.15) is 6.92 Å². The van der Waals surface area contributed by atoms with Crippen LogP contribution >= 0.6 is 0 Å². The van der Waals surface area contributed by atoms with Crippen molar-refractivity contribution in [2.24, 2.45) is 0 Å². The van der Waals surface area contributed by atoms with Crippen LogP contribution < -0.4 is 16.1 Å². The lowest BCUT2D eigenvalue weighted by molar-refractivity contribution is 0.164. The Hall–Kier alpha value is -1.63. The van der Waals surface area contributed by atoms with Crippen LogP contribution in [-0.4, -0.2) is 27.3 Å². The molecule has 0 saturated carbocycles. The van der Waals surface area contributed by atoms with Crippen LogP contribution in [-0.2, 0) is 4.74 Å². The molecule has 0 spiro atoms. The smallest absolute Gasteiger partial charge is 0.353 e. The molecule has 0 radical (unpaired) electrons. The van der Waals surface area contributed by atoms with Crippen LogP contribution in [0, 0.1) is 0 Å². The Bertz CT molecular complexity index is 394. The zero-order valence-corrected chi connectivity index (χ0v) is 6.73. The number of nitrogens with zero attached hydrogens (tertiary/aromatic N) is 1. The predicted molar refractivity (Wildman–Crippen MR) is 40.4 cm³/mol. The molecular formula is C6H7N3O4. The van der Waals surface area contributed by atoms with Gasteiger partial charge < -0.3 is 9.47 Å². The van der Waals surface area contributed by atoms with E-state index < -0.39 is 17.7 Å². The summed E-state index contributed by atoms with van der Waals surface area (Å²) in [6.07, 6.45) is -0.436. The summed E-state index contributed by atoms with van der Waals surface area (Å²) in [6.45, 7) is 1.80. The Morgan fingerprint density at radius 2 is 2.15 bits per heavy atom. The van der Waals surface area contributed by atoms with Crippen molar-refractivity contribution in [3.63, 3.8) is 0 Å². The molecule has 1 aliphatic heterocycles. The van der Waals surface area contributed by atoms with Crippen molar-refractivity contribution in [1.82, 2.24) is 15.0 Å². The van der Waals surface area contributed by atoms with E-state index in [0.29, 0.717) is 0 Å². The number of aromatic amines is 2. The van der Waals surface area contributed by atoms with Gasteiger partial charge in [-0.1, -0.05) is 0 Å². The first kappa shape index (κ1) is 7.99. The fourth-order valence-electron chi connectivity index (χ4n) is 0.829. The van der Waals surface area contributed by atoms with Crippen LogP contribution in [0.4, 0.5) is 0 Å². The van der Waals surface area contributed by atoms with Gasteiger partial charge in [0, 0.05) is 0 Å². The molecule has 0 aromatic carbocycles. The van der Waals surface area contributed by atoms with E-state index >= 15 is 0 Å². The van der Waals surface area contributed by atoms with E-state index in [0.717, 1.165) is 0 Å². The van der Waals surface area contributed by atoms with Crippen molar-refractivity contribution in [3.05, 3.63) is 21.0 Å². The summed E-state index contributed by atoms with van der Waals surface area (Å²) in [7, 11) is 0. The van der Waals surface area contributed by atoms with Gasteiger partial charge in [0.2, 0.25) is 6.29 Å². The maximum atomic E-state index is 10.7. The van der Waals surface area contributed by atoms with Gasteiger partial charge in [0.1, 0.15) is 6.10 Å². The molecule has 7 heteroatoms. The molecule has 2 rings (SSSR count). The van der Waals surface area contributed by atoms with E-state index in [9.17, 15) is 9.59 Å². The number of hydrogen-bond donors (Lipinski definition) is 2. The lowest BCUT2D eigenvalue weighted by Crippen LogP contribution is -2.26. The first-order chi connectivity index (χ1) is 6.15. The second kappa shape index (κ2) is 2.70. The third-order valence-electron chi connectivity index (χ3n) is 1.53. The highest BCUT2D eigenvalue weighted by atomic mass is 16.8. The van der Waals surface area contributed by atoms with Gasteiger partial charge in [-0.3, -0.25) is 9.97 Å². The molecule has 13 heavy (non-hydrogen) atoms. The van der Waals surface area contributed by atoms with Crippen molar-refractivity contribution >= 4 is 0 Å². The molecule has 70 valence electrons. The van der Waals surface area contributed by atoms with E-state index in [-0.39, 0.29) is 12.1 Å². The molecule has 7 nitrogen and oxygen atoms in total. The number of aromatic nitrogens is 3. The maximum absolute atomic E-state index is 10.7. The molecule has 0 amide bonds. The van der Waals surface area contributed by atoms with Gasteiger partial charge in [-0.2, -0.15) is 0 Å². The topological polar surface area (TPSA) is 100 Å². The summed E-state index contributed by atoms with van der Waals surface area (Å²) in [5, 5.41) is 0. The standard InChI is InChI=1S/C6H7N3O4/c1-2-3(12-2)13-6-8-4(10)7-5(11)9-6/h2-3H,1H3,(H2,7,8,9,10,11). The van der Waals surface area contributed by atoms with Crippen molar-refractivity contribution in [2.75, 3.05) is 0 Å². The highest BCUT2D eigenvalue weighted by molar-refractivity contribution is 4.91. The number of epoxide rings is 1. The fourth-order valence-corrected chi connectivity index (χ4v) is 0.829. The molecule has 2 N–H and O–H groups in total. The molecule has 0 aliphatic carbocycles. The second-order valence-electron chi connectivity index (χ2n) is 2.63. The van der Waals surface area contributed by atoms with E-state index in [1.165, 1.54) is 0 Å². The van der Waals surface area contributed by atoms with Crippen LogP contribution in [0.25, 0.3) is 0 Å². The van der Waals surface area contributed by atoms with Crippen LogP contribution in [0.5, 0.6) is 6.01 Å². The highest BCUT2D eigenvalue weighted by Gasteiger charge is 2.37. The van der Waals surface area contributed by atoms with Crippen molar-refractivity contribution in [2.45, 2.75) is 19.3 Å². The minimum atomic E-state index is -0.743. The summed E-state index contributed by atoms with van der Waals surface area (Å²) in [4.78, 5) is 28.9. The third kappa shape index (κ3) is 1.75. The summed E-state index contributed by atoms with van der Waals surface area (Å²) in [6, 6.07) is -0.122. The lowest BCUT2D eigenvalue weighted by atomic mass is 10.5. The number of nitrogens with one attached hydrogen (secondary N) is 2. The van der Waals surface area contributed by atoms with Gasteiger partial charge in [-0.05, 0) is 6.92 Å². The summed E-state index contributed by atoms with van der Waals surface area (Å²) >= 11 is 0. The fraction of sp³-hybridized carbons (Fsp3) is 0.500. The van der Waals surface area contributed by atoms with E-state index in [4.69, 9.17) is 9.47 Å². The Morgan fingerprint density at radius 3 is 2.69 bits per heavy atom. The Kier molecular flexibility index (Phi) is 1.66. The second-order valence-corrected chi connectivity index (χ2v) is 2.63. The van der Waals surface area contributed by atoms with E-state index in [1.54, 1.807) is 6.92 Å². The van der Waals surface area contributed by atoms with Gasteiger partial charge >= 0.3 is 17.4 Å². The maximum Gasteiger partial charge on any atom is 0.353 e. The molecule has 1 fully saturated rings. The van der Waals surface area contributed by atoms with Gasteiger partial charge in [0.15, 0.2) is 0 Å². The van der Waals surface area contributed by atoms with Gasteiger partial charge in [0.05, 0.1) is 0 Å². The SMILES string of the molecule is CC1OC1Oc1nc(=O)[nH]c(=O)[nH]1. The minimum absolute atomic E-state index is 0.0235. The number of rotatable bonds is 2. The van der Waals surface area contributed by atoms with Crippen LogP contribution in [0.3, 0.4) is 0 Å². The van der Waals surface area contributed by atoms with E-state index in [1.807, 2.05) is 4.98 Å². The molecule has 1 aliphatic rings. The average molecular weight is 185 g/mol. The van der Waals surface area contributed by atoms with Gasteiger partial charge in [-0.15, -0.1) is 4.98 Å². The van der Waals surface area contributed by atoms with Crippen molar-refractivity contribution in [1.29, 1.82) is 0 Å². The minimum Gasteiger partial charge on any atom is -0.432 e. The summed E-state index contributed by atoms with van der Waals surface area (Å²) in [5.41, 5.74) is -1.39. The molecule has 2 unspecified atom stereocenters. The molecular weight excluding hydrogens is 178 g/mol. The Labute approximate surface area is 71.7 Å². The predicted octanol–water partition coefficient (Wildman–Crippen LogP) is -1.42. The monoisotopic (exact) mass is 185 g/mol. The van der Waals surface area contributed by atoms with Crippen LogP contribution in [0.15, 0.2) is 9.59 Å². The van der Waals surface area contributed by atoms with Crippen molar-refractivity contribution in [3.8, 4) is 6.01 Å². The summed E-state index contributed by atoms with van der Waals surface area (Å²) < 4.78 is 9.89. The number of ether oxygens (including phenoxy) is 2. The third-order valence-corrected chi connectivity index (χ3v) is 1.53. The van der Waals surface area contributed by atoms with E-state index in [2.05, 4.69) is 9.97 Å². The van der Waals surface area contributed by atoms with Crippen LogP contribution in [0.2, 0.25) is 0 Å². The van der Waals surface area contributed by atoms with Gasteiger partial charge in [0.25, 0.3) is 0 Å². The normalized spacial score (nSPS) is 25.6. The molecule has 1 aromatic heterocycles. The number of hydrogen-bond acceptors (Lipinski definition) is 5. The summed E-state index contributed by atoms with van der Waals surface area (Å²) in [5.74, 6) is 0. The first-order valence-corrected chi connectivity index (χ1v) is 3.68. The highest BCUT2D eigenvalue weighted by Crippen LogP contribution is 2.21. The zero-order chi connectivity index (χ0) is 9.42. The molecule has 1 saturated heterocycles. The molecule has 1 aromatic rings. The molecule has 0 bridgehead atoms.